The largest absolute Gasteiger partial charge is 0.342 e. The number of amides is 2. The molecule has 1 aromatic carbocycles. The highest BCUT2D eigenvalue weighted by Gasteiger charge is 2.23. The third-order valence-corrected chi connectivity index (χ3v) is 5.84. The van der Waals surface area contributed by atoms with Gasteiger partial charge >= 0.3 is 0 Å². The average molecular weight is 356 g/mol. The van der Waals surface area contributed by atoms with E-state index < -0.39 is 0 Å². The third kappa shape index (κ3) is 4.10. The zero-order valence-corrected chi connectivity index (χ0v) is 15.8. The predicted molar refractivity (Wildman–Crippen MR) is 102 cm³/mol. The number of carbonyl (C=O) groups excluding carboxylic acids is 2. The van der Waals surface area contributed by atoms with Crippen molar-refractivity contribution in [3.05, 3.63) is 51.2 Å². The van der Waals surface area contributed by atoms with E-state index in [4.69, 9.17) is 0 Å². The van der Waals surface area contributed by atoms with Gasteiger partial charge in [-0.05, 0) is 48.4 Å². The predicted octanol–water partition coefficient (Wildman–Crippen LogP) is 4.10. The van der Waals surface area contributed by atoms with Gasteiger partial charge < -0.3 is 10.2 Å². The molecular formula is C20H24N2O2S. The van der Waals surface area contributed by atoms with E-state index in [9.17, 15) is 9.59 Å². The number of hydrogen-bond donors (Lipinski definition) is 1. The highest BCUT2D eigenvalue weighted by molar-refractivity contribution is 7.10. The second-order valence-electron chi connectivity index (χ2n) is 6.93. The molecule has 0 radical (unpaired) electrons. The summed E-state index contributed by atoms with van der Waals surface area (Å²) >= 11 is 1.70. The molecule has 2 aromatic rings. The van der Waals surface area contributed by atoms with Crippen molar-refractivity contribution in [1.29, 1.82) is 0 Å². The molecule has 0 spiro atoms. The smallest absolute Gasteiger partial charge is 0.256 e. The van der Waals surface area contributed by atoms with Crippen LogP contribution in [0, 0.1) is 5.92 Å². The lowest BCUT2D eigenvalue weighted by Gasteiger charge is -2.19. The van der Waals surface area contributed by atoms with Gasteiger partial charge in [-0.1, -0.05) is 19.1 Å². The van der Waals surface area contributed by atoms with Crippen molar-refractivity contribution >= 4 is 28.8 Å². The molecule has 1 aliphatic rings. The first-order chi connectivity index (χ1) is 11.9. The molecule has 2 amide bonds. The van der Waals surface area contributed by atoms with E-state index in [1.165, 1.54) is 10.4 Å². The van der Waals surface area contributed by atoms with Crippen molar-refractivity contribution in [2.45, 2.75) is 39.7 Å². The van der Waals surface area contributed by atoms with Crippen LogP contribution in [0.2, 0.25) is 0 Å². The third-order valence-electron chi connectivity index (χ3n) is 4.79. The molecule has 0 aliphatic heterocycles. The number of hydrogen-bond acceptors (Lipinski definition) is 3. The van der Waals surface area contributed by atoms with Gasteiger partial charge in [0.15, 0.2) is 0 Å². The zero-order chi connectivity index (χ0) is 18.0. The SMILES string of the molecule is CC(=O)N(C)Cc1cccc(NC(=O)c2csc3c2CC[C@H](C)C3)c1. The highest BCUT2D eigenvalue weighted by atomic mass is 32.1. The summed E-state index contributed by atoms with van der Waals surface area (Å²) in [5, 5.41) is 5.00. The number of rotatable bonds is 4. The first kappa shape index (κ1) is 17.7. The Bertz CT molecular complexity index is 797. The van der Waals surface area contributed by atoms with Crippen LogP contribution in [0.1, 0.15) is 46.6 Å². The fraction of sp³-hybridized carbons (Fsp3) is 0.400. The van der Waals surface area contributed by atoms with Crippen molar-refractivity contribution in [3.63, 3.8) is 0 Å². The second kappa shape index (κ2) is 7.40. The van der Waals surface area contributed by atoms with E-state index in [2.05, 4.69) is 12.2 Å². The Morgan fingerprint density at radius 3 is 2.92 bits per heavy atom. The van der Waals surface area contributed by atoms with Gasteiger partial charge in [0.2, 0.25) is 5.91 Å². The van der Waals surface area contributed by atoms with Gasteiger partial charge in [0.25, 0.3) is 5.91 Å². The van der Waals surface area contributed by atoms with Crippen LogP contribution in [0.15, 0.2) is 29.6 Å². The summed E-state index contributed by atoms with van der Waals surface area (Å²) in [5.74, 6) is 0.690. The van der Waals surface area contributed by atoms with Crippen LogP contribution in [0.5, 0.6) is 0 Å². The van der Waals surface area contributed by atoms with Crippen LogP contribution in [-0.4, -0.2) is 23.8 Å². The molecule has 1 N–H and O–H groups in total. The van der Waals surface area contributed by atoms with Crippen molar-refractivity contribution in [2.24, 2.45) is 5.92 Å². The highest BCUT2D eigenvalue weighted by Crippen LogP contribution is 2.33. The van der Waals surface area contributed by atoms with Crippen LogP contribution in [0.3, 0.4) is 0 Å². The summed E-state index contributed by atoms with van der Waals surface area (Å²) in [6.45, 7) is 4.35. The van der Waals surface area contributed by atoms with E-state index >= 15 is 0 Å². The Morgan fingerprint density at radius 2 is 2.16 bits per heavy atom. The Labute approximate surface area is 152 Å². The molecule has 25 heavy (non-hydrogen) atoms. The molecule has 1 aliphatic carbocycles. The van der Waals surface area contributed by atoms with Gasteiger partial charge in [0.05, 0.1) is 5.56 Å². The van der Waals surface area contributed by atoms with E-state index in [1.54, 1.807) is 30.2 Å². The van der Waals surface area contributed by atoms with E-state index in [-0.39, 0.29) is 11.8 Å². The van der Waals surface area contributed by atoms with Gasteiger partial charge in [-0.15, -0.1) is 11.3 Å². The van der Waals surface area contributed by atoms with Crippen LogP contribution in [0.4, 0.5) is 5.69 Å². The van der Waals surface area contributed by atoms with Crippen molar-refractivity contribution in [1.82, 2.24) is 4.90 Å². The number of carbonyl (C=O) groups is 2. The maximum Gasteiger partial charge on any atom is 0.256 e. The quantitative estimate of drug-likeness (QED) is 0.896. The van der Waals surface area contributed by atoms with Gasteiger partial charge in [0.1, 0.15) is 0 Å². The molecule has 4 nitrogen and oxygen atoms in total. The molecule has 0 fully saturated rings. The summed E-state index contributed by atoms with van der Waals surface area (Å²) in [5.41, 5.74) is 3.81. The molecule has 1 atom stereocenters. The monoisotopic (exact) mass is 356 g/mol. The number of thiophene rings is 1. The lowest BCUT2D eigenvalue weighted by molar-refractivity contribution is -0.128. The first-order valence-corrected chi connectivity index (χ1v) is 9.53. The van der Waals surface area contributed by atoms with Crippen molar-refractivity contribution in [2.75, 3.05) is 12.4 Å². The minimum Gasteiger partial charge on any atom is -0.342 e. The Morgan fingerprint density at radius 1 is 1.36 bits per heavy atom. The van der Waals surface area contributed by atoms with E-state index in [1.807, 2.05) is 29.6 Å². The number of benzene rings is 1. The van der Waals surface area contributed by atoms with Crippen molar-refractivity contribution < 1.29 is 9.59 Å². The van der Waals surface area contributed by atoms with Crippen molar-refractivity contribution in [3.8, 4) is 0 Å². The Hall–Kier alpha value is -2.14. The molecule has 0 unspecified atom stereocenters. The van der Waals surface area contributed by atoms with Crippen LogP contribution in [-0.2, 0) is 24.2 Å². The standard InChI is InChI=1S/C20H24N2O2S/c1-13-7-8-17-18(12-25-19(17)9-13)20(24)21-16-6-4-5-15(10-16)11-22(3)14(2)23/h4-6,10,12-13H,7-9,11H2,1-3H3,(H,21,24)/t13-/m0/s1. The molecule has 0 saturated heterocycles. The number of nitrogens with one attached hydrogen (secondary N) is 1. The van der Waals surface area contributed by atoms with Gasteiger partial charge in [-0.3, -0.25) is 9.59 Å². The number of nitrogens with zero attached hydrogens (tertiary/aromatic N) is 1. The van der Waals surface area contributed by atoms with Gasteiger partial charge in [-0.25, -0.2) is 0 Å². The molecule has 5 heteroatoms. The molecule has 3 rings (SSSR count). The maximum absolute atomic E-state index is 12.7. The summed E-state index contributed by atoms with van der Waals surface area (Å²) in [4.78, 5) is 27.1. The Kier molecular flexibility index (Phi) is 5.23. The number of fused-ring (bicyclic) bond motifs is 1. The van der Waals surface area contributed by atoms with E-state index in [0.717, 1.165) is 36.1 Å². The van der Waals surface area contributed by atoms with Crippen LogP contribution < -0.4 is 5.32 Å². The molecule has 1 heterocycles. The zero-order valence-electron chi connectivity index (χ0n) is 15.0. The molecular weight excluding hydrogens is 332 g/mol. The molecule has 0 saturated carbocycles. The fourth-order valence-electron chi connectivity index (χ4n) is 3.20. The summed E-state index contributed by atoms with van der Waals surface area (Å²) in [6, 6.07) is 7.68. The van der Waals surface area contributed by atoms with Gasteiger partial charge in [0, 0.05) is 36.5 Å². The maximum atomic E-state index is 12.7. The lowest BCUT2D eigenvalue weighted by Crippen LogP contribution is -2.23. The topological polar surface area (TPSA) is 49.4 Å². The van der Waals surface area contributed by atoms with Gasteiger partial charge in [-0.2, -0.15) is 0 Å². The van der Waals surface area contributed by atoms with Crippen LogP contribution >= 0.6 is 11.3 Å². The van der Waals surface area contributed by atoms with E-state index in [0.29, 0.717) is 12.5 Å². The first-order valence-electron chi connectivity index (χ1n) is 8.65. The molecule has 1 aromatic heterocycles. The minimum atomic E-state index is -0.0378. The lowest BCUT2D eigenvalue weighted by atomic mass is 9.88. The number of anilines is 1. The fourth-order valence-corrected chi connectivity index (χ4v) is 4.44. The summed E-state index contributed by atoms with van der Waals surface area (Å²) in [7, 11) is 1.77. The molecule has 132 valence electrons. The normalized spacial score (nSPS) is 16.2. The summed E-state index contributed by atoms with van der Waals surface area (Å²) in [6.07, 6.45) is 3.23. The minimum absolute atomic E-state index is 0.0218. The molecule has 0 bridgehead atoms. The Balaban J connectivity index is 1.72. The summed E-state index contributed by atoms with van der Waals surface area (Å²) < 4.78 is 0. The second-order valence-corrected chi connectivity index (χ2v) is 7.89. The van der Waals surface area contributed by atoms with Crippen LogP contribution in [0.25, 0.3) is 0 Å². The average Bonchev–Trinajstić information content (AvgIpc) is 2.98.